The van der Waals surface area contributed by atoms with E-state index in [1.54, 1.807) is 12.1 Å². The molecule has 1 saturated carbocycles. The van der Waals surface area contributed by atoms with Gasteiger partial charge in [0.1, 0.15) is 5.82 Å². The lowest BCUT2D eigenvalue weighted by Crippen LogP contribution is -2.34. The fourth-order valence-electron chi connectivity index (χ4n) is 2.01. The van der Waals surface area contributed by atoms with E-state index in [9.17, 15) is 4.39 Å². The maximum Gasteiger partial charge on any atom is 0.123 e. The van der Waals surface area contributed by atoms with Crippen LogP contribution in [-0.2, 0) is 6.42 Å². The summed E-state index contributed by atoms with van der Waals surface area (Å²) in [4.78, 5) is 0. The normalized spacial score (nSPS) is 19.1. The summed E-state index contributed by atoms with van der Waals surface area (Å²) >= 11 is 3.48. The Kier molecular flexibility index (Phi) is 4.21. The molecule has 2 rings (SSSR count). The Balaban J connectivity index is 1.95. The van der Waals surface area contributed by atoms with Crippen LogP contribution >= 0.6 is 15.9 Å². The van der Waals surface area contributed by atoms with Crippen molar-refractivity contribution in [3.05, 3.63) is 34.1 Å². The quantitative estimate of drug-likeness (QED) is 0.869. The molecule has 1 aromatic rings. The molecular formula is C14H19BrFN. The molecule has 17 heavy (non-hydrogen) atoms. The lowest BCUT2D eigenvalue weighted by Gasteiger charge is -2.21. The lowest BCUT2D eigenvalue weighted by molar-refractivity contribution is 0.395. The molecule has 1 fully saturated rings. The first kappa shape index (κ1) is 13.0. The first-order chi connectivity index (χ1) is 8.06. The summed E-state index contributed by atoms with van der Waals surface area (Å²) in [5.74, 6) is 0.354. The van der Waals surface area contributed by atoms with Gasteiger partial charge in [-0.15, -0.1) is 0 Å². The standard InChI is InChI=1S/C14H19BrFN/c1-9(10(2)17-13-4-5-13)7-11-8-12(16)3-6-14(11)15/h3,6,8-10,13,17H,4-5,7H2,1-2H3. The van der Waals surface area contributed by atoms with Crippen LogP contribution in [-0.4, -0.2) is 12.1 Å². The highest BCUT2D eigenvalue weighted by molar-refractivity contribution is 9.10. The molecule has 1 N–H and O–H groups in total. The molecule has 1 nitrogen and oxygen atoms in total. The molecule has 1 aromatic carbocycles. The molecule has 0 aromatic heterocycles. The van der Waals surface area contributed by atoms with Gasteiger partial charge in [-0.25, -0.2) is 4.39 Å². The Morgan fingerprint density at radius 2 is 2.12 bits per heavy atom. The van der Waals surface area contributed by atoms with E-state index in [1.807, 2.05) is 0 Å². The van der Waals surface area contributed by atoms with E-state index >= 15 is 0 Å². The van der Waals surface area contributed by atoms with Gasteiger partial charge in [-0.2, -0.15) is 0 Å². The molecule has 1 aliphatic rings. The molecule has 0 bridgehead atoms. The van der Waals surface area contributed by atoms with Crippen LogP contribution in [0.15, 0.2) is 22.7 Å². The Bertz CT molecular complexity index is 390. The average Bonchev–Trinajstić information content (AvgIpc) is 3.07. The highest BCUT2D eigenvalue weighted by Gasteiger charge is 2.25. The number of benzene rings is 1. The van der Waals surface area contributed by atoms with E-state index in [0.29, 0.717) is 12.0 Å². The number of halogens is 2. The zero-order valence-electron chi connectivity index (χ0n) is 10.3. The van der Waals surface area contributed by atoms with Crippen molar-refractivity contribution in [1.82, 2.24) is 5.32 Å². The van der Waals surface area contributed by atoms with Crippen LogP contribution in [0.1, 0.15) is 32.3 Å². The third kappa shape index (κ3) is 3.78. The topological polar surface area (TPSA) is 12.0 Å². The van der Waals surface area contributed by atoms with Crippen molar-refractivity contribution in [3.8, 4) is 0 Å². The van der Waals surface area contributed by atoms with E-state index in [2.05, 4.69) is 35.1 Å². The molecule has 3 heteroatoms. The average molecular weight is 300 g/mol. The third-order valence-electron chi connectivity index (χ3n) is 3.48. The summed E-state index contributed by atoms with van der Waals surface area (Å²) in [5.41, 5.74) is 1.06. The van der Waals surface area contributed by atoms with E-state index in [4.69, 9.17) is 0 Å². The van der Waals surface area contributed by atoms with Gasteiger partial charge in [-0.1, -0.05) is 22.9 Å². The summed E-state index contributed by atoms with van der Waals surface area (Å²) < 4.78 is 14.2. The van der Waals surface area contributed by atoms with Gasteiger partial charge in [-0.3, -0.25) is 0 Å². The van der Waals surface area contributed by atoms with Crippen LogP contribution in [0.3, 0.4) is 0 Å². The second-order valence-corrected chi connectivity index (χ2v) is 6.00. The van der Waals surface area contributed by atoms with E-state index in [1.165, 1.54) is 18.9 Å². The molecule has 0 amide bonds. The predicted molar refractivity (Wildman–Crippen MR) is 72.6 cm³/mol. The van der Waals surface area contributed by atoms with Crippen LogP contribution in [0.5, 0.6) is 0 Å². The molecule has 2 unspecified atom stereocenters. The van der Waals surface area contributed by atoms with Crippen LogP contribution in [0.4, 0.5) is 4.39 Å². The van der Waals surface area contributed by atoms with Gasteiger partial charge in [0, 0.05) is 16.6 Å². The number of rotatable bonds is 5. The van der Waals surface area contributed by atoms with Crippen LogP contribution < -0.4 is 5.32 Å². The van der Waals surface area contributed by atoms with Gasteiger partial charge in [0.2, 0.25) is 0 Å². The molecule has 0 saturated heterocycles. The minimum Gasteiger partial charge on any atom is -0.311 e. The van der Waals surface area contributed by atoms with E-state index in [-0.39, 0.29) is 5.82 Å². The van der Waals surface area contributed by atoms with Crippen molar-refractivity contribution >= 4 is 15.9 Å². The SMILES string of the molecule is CC(Cc1cc(F)ccc1Br)C(C)NC1CC1. The smallest absolute Gasteiger partial charge is 0.123 e. The number of hydrogen-bond donors (Lipinski definition) is 1. The molecule has 0 aliphatic heterocycles. The second-order valence-electron chi connectivity index (χ2n) is 5.15. The fraction of sp³-hybridized carbons (Fsp3) is 0.571. The summed E-state index contributed by atoms with van der Waals surface area (Å²) in [6, 6.07) is 6.12. The van der Waals surface area contributed by atoms with Crippen molar-refractivity contribution in [3.63, 3.8) is 0 Å². The monoisotopic (exact) mass is 299 g/mol. The molecule has 1 aliphatic carbocycles. The zero-order chi connectivity index (χ0) is 12.4. The Morgan fingerprint density at radius 3 is 2.76 bits per heavy atom. The van der Waals surface area contributed by atoms with Crippen molar-refractivity contribution in [2.75, 3.05) is 0 Å². The van der Waals surface area contributed by atoms with E-state index < -0.39 is 0 Å². The van der Waals surface area contributed by atoms with Gasteiger partial charge in [0.05, 0.1) is 0 Å². The summed E-state index contributed by atoms with van der Waals surface area (Å²) in [7, 11) is 0. The molecular weight excluding hydrogens is 281 g/mol. The van der Waals surface area contributed by atoms with E-state index in [0.717, 1.165) is 22.5 Å². The largest absolute Gasteiger partial charge is 0.311 e. The van der Waals surface area contributed by atoms with Crippen molar-refractivity contribution in [2.24, 2.45) is 5.92 Å². The van der Waals surface area contributed by atoms with Crippen molar-refractivity contribution in [2.45, 2.75) is 45.2 Å². The van der Waals surface area contributed by atoms with Crippen molar-refractivity contribution < 1.29 is 4.39 Å². The Hall–Kier alpha value is -0.410. The van der Waals surface area contributed by atoms with Gasteiger partial charge in [0.25, 0.3) is 0 Å². The first-order valence-corrected chi connectivity index (χ1v) is 7.05. The first-order valence-electron chi connectivity index (χ1n) is 6.26. The molecule has 0 heterocycles. The van der Waals surface area contributed by atoms with Crippen molar-refractivity contribution in [1.29, 1.82) is 0 Å². The van der Waals surface area contributed by atoms with Crippen LogP contribution in [0.2, 0.25) is 0 Å². The minimum atomic E-state index is -0.154. The second kappa shape index (κ2) is 5.49. The fourth-order valence-corrected chi connectivity index (χ4v) is 2.42. The summed E-state index contributed by atoms with van der Waals surface area (Å²) in [6.45, 7) is 4.44. The van der Waals surface area contributed by atoms with Gasteiger partial charge in [-0.05, 0) is 55.9 Å². The predicted octanol–water partition coefficient (Wildman–Crippen LogP) is 3.91. The molecule has 94 valence electrons. The zero-order valence-corrected chi connectivity index (χ0v) is 11.9. The van der Waals surface area contributed by atoms with Crippen LogP contribution in [0.25, 0.3) is 0 Å². The lowest BCUT2D eigenvalue weighted by atomic mass is 9.95. The van der Waals surface area contributed by atoms with Gasteiger partial charge >= 0.3 is 0 Å². The molecule has 0 radical (unpaired) electrons. The van der Waals surface area contributed by atoms with Gasteiger partial charge < -0.3 is 5.32 Å². The molecule has 0 spiro atoms. The summed E-state index contributed by atoms with van der Waals surface area (Å²) in [6.07, 6.45) is 3.51. The summed E-state index contributed by atoms with van der Waals surface area (Å²) in [5, 5.41) is 3.60. The maximum atomic E-state index is 13.2. The Labute approximate surface area is 111 Å². The highest BCUT2D eigenvalue weighted by Crippen LogP contribution is 2.24. The molecule has 2 atom stereocenters. The number of hydrogen-bond acceptors (Lipinski definition) is 1. The Morgan fingerprint density at radius 1 is 1.41 bits per heavy atom. The highest BCUT2D eigenvalue weighted by atomic mass is 79.9. The van der Waals surface area contributed by atoms with Gasteiger partial charge in [0.15, 0.2) is 0 Å². The minimum absolute atomic E-state index is 0.154. The maximum absolute atomic E-state index is 13.2. The third-order valence-corrected chi connectivity index (χ3v) is 4.25. The number of nitrogens with one attached hydrogen (secondary N) is 1. The van der Waals surface area contributed by atoms with Crippen LogP contribution in [0, 0.1) is 11.7 Å².